The number of fused-ring (bicyclic) bond motifs is 2. The highest BCUT2D eigenvalue weighted by molar-refractivity contribution is 5.85. The van der Waals surface area contributed by atoms with Crippen LogP contribution in [0.5, 0.6) is 11.5 Å². The maximum Gasteiger partial charge on any atom is 0.194 e. The Hall–Kier alpha value is -7.80. The number of methoxy groups -OCH3 is 2. The summed E-state index contributed by atoms with van der Waals surface area (Å²) in [7, 11) is 3.38. The fourth-order valence-corrected chi connectivity index (χ4v) is 9.19. The molecule has 0 heterocycles. The molecule has 314 valence electrons. The van der Waals surface area contributed by atoms with Crippen molar-refractivity contribution < 1.29 is 9.47 Å². The predicted octanol–water partition coefficient (Wildman–Crippen LogP) is 15.2. The van der Waals surface area contributed by atoms with E-state index in [-0.39, 0.29) is 0 Å². The second-order valence-corrected chi connectivity index (χ2v) is 16.4. The van der Waals surface area contributed by atoms with Gasteiger partial charge in [0, 0.05) is 34.1 Å². The van der Waals surface area contributed by atoms with Gasteiger partial charge in [0.2, 0.25) is 0 Å². The zero-order valence-electron chi connectivity index (χ0n) is 36.4. The van der Waals surface area contributed by atoms with Crippen molar-refractivity contribution in [3.05, 3.63) is 207 Å². The molecular weight excluding hydrogens is 785 g/mol. The standard InChI is InChI=1S/C58H50N4O2/c1-60-56-39-45(24-18-41-20-26-48(27-21-41)61(50-30-34-52(63-2)35-31-50)57-16-8-12-43-10-4-6-14-54(43)57)47(40-59)38-46(56)25-19-42-22-28-49(29-23-42)62(51-32-36-53(64-3)37-33-51)58-17-9-13-44-11-5-7-15-55(44)58/h8-9,12-13,16-39H,4-7,10-11,14-15H2,2-3H3. The lowest BCUT2D eigenvalue weighted by atomic mass is 9.90. The predicted molar refractivity (Wildman–Crippen MR) is 264 cm³/mol. The van der Waals surface area contributed by atoms with Crippen molar-refractivity contribution >= 4 is 64.1 Å². The number of aryl methyl sites for hydroxylation is 2. The molecule has 0 N–H and O–H groups in total. The molecule has 2 aliphatic carbocycles. The zero-order chi connectivity index (χ0) is 43.8. The number of ether oxygens (including phenoxy) is 2. The van der Waals surface area contributed by atoms with Crippen LogP contribution in [-0.2, 0) is 25.7 Å². The number of rotatable bonds is 12. The van der Waals surface area contributed by atoms with Gasteiger partial charge >= 0.3 is 0 Å². The molecule has 7 aromatic rings. The van der Waals surface area contributed by atoms with Crippen LogP contribution in [0.15, 0.2) is 146 Å². The quantitative estimate of drug-likeness (QED) is 0.0906. The highest BCUT2D eigenvalue weighted by atomic mass is 16.5. The summed E-state index contributed by atoms with van der Waals surface area (Å²) in [5, 5.41) is 10.3. The molecule has 0 unspecified atom stereocenters. The summed E-state index contributed by atoms with van der Waals surface area (Å²) in [6.45, 7) is 8.06. The number of hydrogen-bond donors (Lipinski definition) is 0. The van der Waals surface area contributed by atoms with Crippen molar-refractivity contribution in [3.8, 4) is 17.6 Å². The summed E-state index contributed by atoms with van der Waals surface area (Å²) in [6, 6.07) is 52.8. The van der Waals surface area contributed by atoms with E-state index in [1.54, 1.807) is 14.2 Å². The van der Waals surface area contributed by atoms with Gasteiger partial charge in [-0.15, -0.1) is 0 Å². The van der Waals surface area contributed by atoms with Crippen LogP contribution < -0.4 is 19.3 Å². The lowest BCUT2D eigenvalue weighted by molar-refractivity contribution is 0.414. The van der Waals surface area contributed by atoms with Crippen molar-refractivity contribution in [2.24, 2.45) is 0 Å². The SMILES string of the molecule is [C-]#[N+]c1cc(C=Cc2ccc(N(c3ccc(OC)cc3)c3cccc4c3CCCC4)cc2)c(C#N)cc1C=Cc1ccc(N(c2ccc(OC)cc2)c2cccc3c2CCCC3)cc1. The van der Waals surface area contributed by atoms with Crippen LogP contribution in [0.25, 0.3) is 29.1 Å². The number of anilines is 6. The number of nitrogens with zero attached hydrogens (tertiary/aromatic N) is 4. The minimum absolute atomic E-state index is 0.489. The summed E-state index contributed by atoms with van der Waals surface area (Å²) >= 11 is 0. The molecule has 2 aliphatic rings. The maximum absolute atomic E-state index is 10.3. The highest BCUT2D eigenvalue weighted by Gasteiger charge is 2.22. The van der Waals surface area contributed by atoms with Crippen molar-refractivity contribution in [1.82, 2.24) is 0 Å². The molecule has 64 heavy (non-hydrogen) atoms. The van der Waals surface area contributed by atoms with Crippen LogP contribution in [0.1, 0.15) is 75.8 Å². The molecule has 6 heteroatoms. The molecule has 0 bridgehead atoms. The number of benzene rings is 7. The molecule has 0 fully saturated rings. The van der Waals surface area contributed by atoms with E-state index in [0.717, 1.165) is 71.1 Å². The monoisotopic (exact) mass is 834 g/mol. The van der Waals surface area contributed by atoms with Crippen LogP contribution >= 0.6 is 0 Å². The van der Waals surface area contributed by atoms with E-state index in [2.05, 4.69) is 130 Å². The largest absolute Gasteiger partial charge is 0.497 e. The average Bonchev–Trinajstić information content (AvgIpc) is 3.36. The number of nitriles is 1. The molecule has 0 aromatic heterocycles. The molecular formula is C58H50N4O2. The van der Waals surface area contributed by atoms with E-state index in [0.29, 0.717) is 22.4 Å². The van der Waals surface area contributed by atoms with E-state index in [1.807, 2.05) is 60.7 Å². The van der Waals surface area contributed by atoms with E-state index >= 15 is 0 Å². The second kappa shape index (κ2) is 19.1. The topological polar surface area (TPSA) is 53.1 Å². The van der Waals surface area contributed by atoms with Gasteiger partial charge in [0.15, 0.2) is 5.69 Å². The lowest BCUT2D eigenvalue weighted by Gasteiger charge is -2.30. The van der Waals surface area contributed by atoms with Crippen molar-refractivity contribution in [3.63, 3.8) is 0 Å². The number of hydrogen-bond acceptors (Lipinski definition) is 5. The Labute approximate surface area is 377 Å². The molecule has 6 nitrogen and oxygen atoms in total. The first kappa shape index (κ1) is 41.5. The normalized spacial score (nSPS) is 13.1. The van der Waals surface area contributed by atoms with Gasteiger partial charge in [0.25, 0.3) is 0 Å². The summed E-state index contributed by atoms with van der Waals surface area (Å²) in [4.78, 5) is 8.55. The third-order valence-corrected chi connectivity index (χ3v) is 12.5. The Morgan fingerprint density at radius 2 is 0.938 bits per heavy atom. The summed E-state index contributed by atoms with van der Waals surface area (Å²) < 4.78 is 11.0. The summed E-state index contributed by atoms with van der Waals surface area (Å²) in [6.07, 6.45) is 17.1. The minimum Gasteiger partial charge on any atom is -0.497 e. The van der Waals surface area contributed by atoms with Crippen LogP contribution in [0.4, 0.5) is 39.8 Å². The summed E-state index contributed by atoms with van der Waals surface area (Å²) in [5.74, 6) is 1.64. The Bertz CT molecular complexity index is 2710. The lowest BCUT2D eigenvalue weighted by Crippen LogP contribution is -2.15. The third kappa shape index (κ3) is 8.78. The molecule has 0 amide bonds. The van der Waals surface area contributed by atoms with Gasteiger partial charge in [-0.05, 0) is 193 Å². The Morgan fingerprint density at radius 3 is 1.36 bits per heavy atom. The Kier molecular flexibility index (Phi) is 12.4. The molecule has 0 saturated carbocycles. The molecule has 0 atom stereocenters. The van der Waals surface area contributed by atoms with Gasteiger partial charge < -0.3 is 19.3 Å². The van der Waals surface area contributed by atoms with Gasteiger partial charge in [-0.3, -0.25) is 0 Å². The molecule has 0 aliphatic heterocycles. The van der Waals surface area contributed by atoms with Crippen molar-refractivity contribution in [1.29, 1.82) is 5.26 Å². The first-order valence-electron chi connectivity index (χ1n) is 22.2. The molecule has 9 rings (SSSR count). The maximum atomic E-state index is 10.3. The first-order chi connectivity index (χ1) is 31.5. The Morgan fingerprint density at radius 1 is 0.516 bits per heavy atom. The zero-order valence-corrected chi connectivity index (χ0v) is 36.4. The van der Waals surface area contributed by atoms with Crippen LogP contribution in [0, 0.1) is 17.9 Å². The minimum atomic E-state index is 0.489. The average molecular weight is 835 g/mol. The second-order valence-electron chi connectivity index (χ2n) is 16.4. The molecule has 0 spiro atoms. The summed E-state index contributed by atoms with van der Waals surface area (Å²) in [5.41, 5.74) is 16.8. The first-order valence-corrected chi connectivity index (χ1v) is 22.2. The van der Waals surface area contributed by atoms with Crippen molar-refractivity contribution in [2.45, 2.75) is 51.4 Å². The molecule has 7 aromatic carbocycles. The van der Waals surface area contributed by atoms with E-state index in [1.165, 1.54) is 59.3 Å². The van der Waals surface area contributed by atoms with Crippen LogP contribution in [0.2, 0.25) is 0 Å². The van der Waals surface area contributed by atoms with Gasteiger partial charge in [-0.2, -0.15) is 5.26 Å². The molecule has 0 saturated heterocycles. The van der Waals surface area contributed by atoms with Crippen molar-refractivity contribution in [2.75, 3.05) is 24.0 Å². The van der Waals surface area contributed by atoms with Gasteiger partial charge in [0.1, 0.15) is 11.5 Å². The van der Waals surface area contributed by atoms with E-state index in [4.69, 9.17) is 16.0 Å². The van der Waals surface area contributed by atoms with Gasteiger partial charge in [0.05, 0.1) is 32.4 Å². The van der Waals surface area contributed by atoms with Gasteiger partial charge in [-0.25, -0.2) is 4.85 Å². The fraction of sp³-hybridized carbons (Fsp3) is 0.172. The molecule has 0 radical (unpaired) electrons. The third-order valence-electron chi connectivity index (χ3n) is 12.5. The van der Waals surface area contributed by atoms with E-state index in [9.17, 15) is 5.26 Å². The Balaban J connectivity index is 0.959. The van der Waals surface area contributed by atoms with Crippen LogP contribution in [-0.4, -0.2) is 14.2 Å². The van der Waals surface area contributed by atoms with Gasteiger partial charge in [-0.1, -0.05) is 72.8 Å². The van der Waals surface area contributed by atoms with Crippen LogP contribution in [0.3, 0.4) is 0 Å². The smallest absolute Gasteiger partial charge is 0.194 e. The highest BCUT2D eigenvalue weighted by Crippen LogP contribution is 2.42. The fourth-order valence-electron chi connectivity index (χ4n) is 9.19. The van der Waals surface area contributed by atoms with E-state index < -0.39 is 0 Å².